The molecule has 0 aliphatic carbocycles. The van der Waals surface area contributed by atoms with E-state index in [1.165, 1.54) is 0 Å². The SMILES string of the molecule is CC1(C(=O)Nc2cccnc2)CNCCO1. The fourth-order valence-electron chi connectivity index (χ4n) is 1.57. The van der Waals surface area contributed by atoms with Crippen LogP contribution in [0.15, 0.2) is 24.5 Å². The molecule has 0 saturated carbocycles. The fourth-order valence-corrected chi connectivity index (χ4v) is 1.57. The molecular weight excluding hydrogens is 206 g/mol. The minimum absolute atomic E-state index is 0.146. The van der Waals surface area contributed by atoms with Crippen molar-refractivity contribution in [2.24, 2.45) is 0 Å². The number of amides is 1. The van der Waals surface area contributed by atoms with E-state index in [4.69, 9.17) is 4.74 Å². The number of hydrogen-bond donors (Lipinski definition) is 2. The lowest BCUT2D eigenvalue weighted by atomic mass is 10.0. The van der Waals surface area contributed by atoms with E-state index in [0.717, 1.165) is 6.54 Å². The summed E-state index contributed by atoms with van der Waals surface area (Å²) in [6.45, 7) is 3.65. The minimum atomic E-state index is -0.798. The Morgan fingerprint density at radius 1 is 1.69 bits per heavy atom. The van der Waals surface area contributed by atoms with Crippen molar-refractivity contribution < 1.29 is 9.53 Å². The summed E-state index contributed by atoms with van der Waals surface area (Å²) < 4.78 is 5.50. The van der Waals surface area contributed by atoms with Crippen molar-refractivity contribution in [2.75, 3.05) is 25.0 Å². The van der Waals surface area contributed by atoms with Gasteiger partial charge in [-0.15, -0.1) is 0 Å². The molecular formula is C11H15N3O2. The zero-order valence-corrected chi connectivity index (χ0v) is 9.19. The van der Waals surface area contributed by atoms with Gasteiger partial charge in [-0.2, -0.15) is 0 Å². The number of pyridine rings is 1. The maximum Gasteiger partial charge on any atom is 0.257 e. The van der Waals surface area contributed by atoms with Gasteiger partial charge >= 0.3 is 0 Å². The van der Waals surface area contributed by atoms with Gasteiger partial charge in [0.2, 0.25) is 0 Å². The Hall–Kier alpha value is -1.46. The number of carbonyl (C=O) groups is 1. The van der Waals surface area contributed by atoms with Crippen LogP contribution in [0.1, 0.15) is 6.92 Å². The average molecular weight is 221 g/mol. The molecule has 1 fully saturated rings. The van der Waals surface area contributed by atoms with Crippen LogP contribution >= 0.6 is 0 Å². The molecule has 0 aromatic carbocycles. The van der Waals surface area contributed by atoms with E-state index in [9.17, 15) is 4.79 Å². The van der Waals surface area contributed by atoms with Crippen LogP contribution in [-0.4, -0.2) is 36.2 Å². The monoisotopic (exact) mass is 221 g/mol. The lowest BCUT2D eigenvalue weighted by Crippen LogP contribution is -2.55. The summed E-state index contributed by atoms with van der Waals surface area (Å²) >= 11 is 0. The molecule has 1 unspecified atom stereocenters. The molecule has 1 aliphatic rings. The van der Waals surface area contributed by atoms with Crippen LogP contribution in [0.5, 0.6) is 0 Å². The summed E-state index contributed by atoms with van der Waals surface area (Å²) in [5, 5.41) is 5.93. The standard InChI is InChI=1S/C11H15N3O2/c1-11(8-13-5-6-16-11)10(15)14-9-3-2-4-12-7-9/h2-4,7,13H,5-6,8H2,1H3,(H,14,15). The second kappa shape index (κ2) is 4.59. The van der Waals surface area contributed by atoms with Crippen LogP contribution in [-0.2, 0) is 9.53 Å². The van der Waals surface area contributed by atoms with Crippen molar-refractivity contribution in [3.8, 4) is 0 Å². The number of ether oxygens (including phenoxy) is 1. The first kappa shape index (κ1) is 11.0. The molecule has 0 radical (unpaired) electrons. The highest BCUT2D eigenvalue weighted by molar-refractivity contribution is 5.97. The van der Waals surface area contributed by atoms with Gasteiger partial charge in [0.25, 0.3) is 5.91 Å². The van der Waals surface area contributed by atoms with E-state index in [2.05, 4.69) is 15.6 Å². The van der Waals surface area contributed by atoms with Crippen molar-refractivity contribution in [1.82, 2.24) is 10.3 Å². The van der Waals surface area contributed by atoms with Crippen LogP contribution in [0.3, 0.4) is 0 Å². The molecule has 1 aromatic rings. The van der Waals surface area contributed by atoms with Crippen LogP contribution in [0.25, 0.3) is 0 Å². The molecule has 2 heterocycles. The molecule has 1 aromatic heterocycles. The smallest absolute Gasteiger partial charge is 0.257 e. The Morgan fingerprint density at radius 2 is 2.56 bits per heavy atom. The van der Waals surface area contributed by atoms with Crippen LogP contribution in [0, 0.1) is 0 Å². The second-order valence-electron chi connectivity index (χ2n) is 3.95. The highest BCUT2D eigenvalue weighted by atomic mass is 16.5. The molecule has 0 bridgehead atoms. The minimum Gasteiger partial charge on any atom is -0.363 e. The molecule has 1 aliphatic heterocycles. The van der Waals surface area contributed by atoms with Gasteiger partial charge in [0.05, 0.1) is 18.5 Å². The number of carbonyl (C=O) groups excluding carboxylic acids is 1. The van der Waals surface area contributed by atoms with Crippen LogP contribution in [0.2, 0.25) is 0 Å². The molecule has 5 nitrogen and oxygen atoms in total. The van der Waals surface area contributed by atoms with E-state index in [-0.39, 0.29) is 5.91 Å². The van der Waals surface area contributed by atoms with Crippen molar-refractivity contribution in [3.05, 3.63) is 24.5 Å². The van der Waals surface area contributed by atoms with Crippen molar-refractivity contribution in [1.29, 1.82) is 0 Å². The van der Waals surface area contributed by atoms with E-state index in [0.29, 0.717) is 18.8 Å². The third-order valence-corrected chi connectivity index (χ3v) is 2.56. The first-order valence-electron chi connectivity index (χ1n) is 5.27. The van der Waals surface area contributed by atoms with Crippen LogP contribution < -0.4 is 10.6 Å². The predicted octanol–water partition coefficient (Wildman–Crippen LogP) is 0.399. The number of rotatable bonds is 2. The van der Waals surface area contributed by atoms with E-state index in [1.54, 1.807) is 31.5 Å². The van der Waals surface area contributed by atoms with Gasteiger partial charge in [-0.3, -0.25) is 9.78 Å². The van der Waals surface area contributed by atoms with Gasteiger partial charge in [0.1, 0.15) is 0 Å². The first-order valence-corrected chi connectivity index (χ1v) is 5.27. The van der Waals surface area contributed by atoms with Crippen molar-refractivity contribution in [3.63, 3.8) is 0 Å². The Morgan fingerprint density at radius 3 is 3.19 bits per heavy atom. The highest BCUT2D eigenvalue weighted by Crippen LogP contribution is 2.15. The summed E-state index contributed by atoms with van der Waals surface area (Å²) in [6.07, 6.45) is 3.27. The van der Waals surface area contributed by atoms with Gasteiger partial charge < -0.3 is 15.4 Å². The molecule has 1 saturated heterocycles. The molecule has 16 heavy (non-hydrogen) atoms. The third kappa shape index (κ3) is 2.37. The summed E-state index contributed by atoms with van der Waals surface area (Å²) in [5.41, 5.74) is -0.114. The number of aromatic nitrogens is 1. The Bertz CT molecular complexity index is 361. The van der Waals surface area contributed by atoms with Gasteiger partial charge in [-0.25, -0.2) is 0 Å². The largest absolute Gasteiger partial charge is 0.363 e. The number of hydrogen-bond acceptors (Lipinski definition) is 4. The quantitative estimate of drug-likeness (QED) is 0.758. The topological polar surface area (TPSA) is 63.2 Å². The summed E-state index contributed by atoms with van der Waals surface area (Å²) in [5.74, 6) is -0.146. The maximum absolute atomic E-state index is 12.0. The van der Waals surface area contributed by atoms with E-state index < -0.39 is 5.60 Å². The van der Waals surface area contributed by atoms with Crippen molar-refractivity contribution >= 4 is 11.6 Å². The molecule has 86 valence electrons. The lowest BCUT2D eigenvalue weighted by Gasteiger charge is -2.32. The van der Waals surface area contributed by atoms with Crippen molar-refractivity contribution in [2.45, 2.75) is 12.5 Å². The number of morpholine rings is 1. The number of nitrogens with one attached hydrogen (secondary N) is 2. The normalized spacial score (nSPS) is 25.1. The van der Waals surface area contributed by atoms with Crippen LogP contribution in [0.4, 0.5) is 5.69 Å². The van der Waals surface area contributed by atoms with Gasteiger partial charge in [0.15, 0.2) is 5.60 Å². The lowest BCUT2D eigenvalue weighted by molar-refractivity contribution is -0.142. The Labute approximate surface area is 94.2 Å². The molecule has 2 rings (SSSR count). The molecule has 1 amide bonds. The zero-order valence-electron chi connectivity index (χ0n) is 9.19. The number of nitrogens with zero attached hydrogens (tertiary/aromatic N) is 1. The second-order valence-corrected chi connectivity index (χ2v) is 3.95. The summed E-state index contributed by atoms with van der Waals surface area (Å²) in [4.78, 5) is 15.9. The summed E-state index contributed by atoms with van der Waals surface area (Å²) in [6, 6.07) is 3.57. The highest BCUT2D eigenvalue weighted by Gasteiger charge is 2.36. The summed E-state index contributed by atoms with van der Waals surface area (Å²) in [7, 11) is 0. The molecule has 2 N–H and O–H groups in total. The van der Waals surface area contributed by atoms with Gasteiger partial charge in [0, 0.05) is 19.3 Å². The zero-order chi connectivity index (χ0) is 11.4. The predicted molar refractivity (Wildman–Crippen MR) is 60.1 cm³/mol. The average Bonchev–Trinajstić information content (AvgIpc) is 2.31. The molecule has 0 spiro atoms. The number of anilines is 1. The molecule has 1 atom stereocenters. The third-order valence-electron chi connectivity index (χ3n) is 2.56. The maximum atomic E-state index is 12.0. The van der Waals surface area contributed by atoms with Gasteiger partial charge in [-0.1, -0.05) is 0 Å². The fraction of sp³-hybridized carbons (Fsp3) is 0.455. The van der Waals surface area contributed by atoms with Gasteiger partial charge in [-0.05, 0) is 19.1 Å². The van der Waals surface area contributed by atoms with E-state index >= 15 is 0 Å². The Balaban J connectivity index is 2.02. The van der Waals surface area contributed by atoms with E-state index in [1.807, 2.05) is 0 Å². The first-order chi connectivity index (χ1) is 7.71. The molecule has 5 heteroatoms. The Kier molecular flexibility index (Phi) is 3.17.